The molecule has 12 aliphatic rings. The second kappa shape index (κ2) is 20.0. The summed E-state index contributed by atoms with van der Waals surface area (Å²) in [5, 5.41) is 49.1. The number of carbonyl (C=O) groups is 2. The monoisotopic (exact) mass is 1070 g/mol. The maximum Gasteiger partial charge on any atom is 0.313 e. The van der Waals surface area contributed by atoms with E-state index < -0.39 is 17.9 Å². The third-order valence-corrected chi connectivity index (χ3v) is 18.1. The first-order valence-corrected chi connectivity index (χ1v) is 28.4. The first kappa shape index (κ1) is 54.0. The Balaban J connectivity index is 0.000000169. The van der Waals surface area contributed by atoms with Crippen LogP contribution in [0.3, 0.4) is 0 Å². The summed E-state index contributed by atoms with van der Waals surface area (Å²) in [7, 11) is 0. The van der Waals surface area contributed by atoms with E-state index in [2.05, 4.69) is 111 Å². The van der Waals surface area contributed by atoms with Crippen LogP contribution in [0.4, 0.5) is 0 Å². The number of aliphatic hydroxyl groups excluding tert-OH is 2. The van der Waals surface area contributed by atoms with Crippen LogP contribution in [-0.2, 0) is 9.59 Å². The van der Waals surface area contributed by atoms with E-state index in [1.165, 1.54) is 16.7 Å². The normalized spacial score (nSPS) is 25.6. The molecule has 10 heterocycles. The third-order valence-electron chi connectivity index (χ3n) is 18.1. The molecule has 2 fully saturated rings. The number of hydrogen-bond acceptors (Lipinski definition) is 12. The van der Waals surface area contributed by atoms with Crippen molar-refractivity contribution < 1.29 is 30.0 Å². The number of hydrogen-bond donors (Lipinski definition) is 6. The van der Waals surface area contributed by atoms with Gasteiger partial charge in [-0.2, -0.15) is 0 Å². The zero-order valence-corrected chi connectivity index (χ0v) is 48.5. The minimum atomic E-state index is -0.901. The van der Waals surface area contributed by atoms with E-state index in [1.54, 1.807) is 0 Å². The minimum absolute atomic E-state index is 0.0368. The number of nitrogens with one attached hydrogen (secondary N) is 2. The van der Waals surface area contributed by atoms with Gasteiger partial charge in [0, 0.05) is 82.1 Å². The summed E-state index contributed by atoms with van der Waals surface area (Å²) in [6.07, 6.45) is 15.3. The zero-order valence-electron chi connectivity index (χ0n) is 48.5. The molecule has 412 valence electrons. The molecule has 0 aromatic heterocycles. The van der Waals surface area contributed by atoms with Crippen LogP contribution in [0.1, 0.15) is 135 Å². The smallest absolute Gasteiger partial charge is 0.313 e. The lowest BCUT2D eigenvalue weighted by Crippen LogP contribution is -2.21. The lowest BCUT2D eigenvalue weighted by atomic mass is 9.86. The molecule has 4 unspecified atom stereocenters. The zero-order chi connectivity index (χ0) is 57.2. The quantitative estimate of drug-likeness (QED) is 0.137. The van der Waals surface area contributed by atoms with E-state index in [4.69, 9.17) is 30.0 Å². The van der Waals surface area contributed by atoms with Gasteiger partial charge < -0.3 is 31.1 Å². The van der Waals surface area contributed by atoms with Gasteiger partial charge in [-0.3, -0.25) is 9.59 Å². The van der Waals surface area contributed by atoms with E-state index in [-0.39, 0.29) is 48.2 Å². The van der Waals surface area contributed by atoms with E-state index >= 15 is 0 Å². The van der Waals surface area contributed by atoms with Crippen molar-refractivity contribution in [2.75, 3.05) is 0 Å². The molecule has 2 saturated heterocycles. The first-order chi connectivity index (χ1) is 38.0. The highest BCUT2D eigenvalue weighted by Crippen LogP contribution is 2.49. The van der Waals surface area contributed by atoms with Gasteiger partial charge in [-0.1, -0.05) is 55.4 Å². The van der Waals surface area contributed by atoms with Gasteiger partial charge in [-0.25, -0.2) is 30.0 Å². The number of fused-ring (bicyclic) bond motifs is 10. The molecule has 10 aliphatic heterocycles. The van der Waals surface area contributed by atoms with E-state index in [0.29, 0.717) is 35.6 Å². The second-order valence-corrected chi connectivity index (χ2v) is 23.5. The maximum absolute atomic E-state index is 12.6. The van der Waals surface area contributed by atoms with Crippen LogP contribution in [0, 0.1) is 35.5 Å². The fourth-order valence-electron chi connectivity index (χ4n) is 13.8. The van der Waals surface area contributed by atoms with Crippen LogP contribution in [0.2, 0.25) is 0 Å². The highest BCUT2D eigenvalue weighted by molar-refractivity contribution is 6.23. The van der Waals surface area contributed by atoms with Crippen molar-refractivity contribution in [3.8, 4) is 0 Å². The SMILES string of the molecule is CCC1=C(C)C2=NC1=CC1=C(C)C3=C(O)CC(=C4NC(=CC5=NC(=C2)C(C(C)C)=C5C)C(C)C4C(=O)O)C3=N1.CCC1=C(C)C2=NC1=CC1=C(C)C3=C(O)CC(=C4NC(=CC5=NC(=C2)C(C(C)C)=C5C)C(C)C4CCC(=O)O)C3=N1. The summed E-state index contributed by atoms with van der Waals surface area (Å²) < 4.78 is 0. The molecule has 0 amide bonds. The maximum atomic E-state index is 12.6. The van der Waals surface area contributed by atoms with Crippen molar-refractivity contribution in [1.29, 1.82) is 0 Å². The molecule has 80 heavy (non-hydrogen) atoms. The van der Waals surface area contributed by atoms with Crippen LogP contribution in [0.25, 0.3) is 0 Å². The predicted molar refractivity (Wildman–Crippen MR) is 318 cm³/mol. The molecule has 14 nitrogen and oxygen atoms in total. The largest absolute Gasteiger partial charge is 0.511 e. The van der Waals surface area contributed by atoms with Crippen molar-refractivity contribution in [2.45, 2.75) is 135 Å². The summed E-state index contributed by atoms with van der Waals surface area (Å²) in [4.78, 5) is 54.5. The Morgan fingerprint density at radius 1 is 0.550 bits per heavy atom. The number of aliphatic carboxylic acids is 2. The van der Waals surface area contributed by atoms with E-state index in [1.807, 2.05) is 32.9 Å². The predicted octanol–water partition coefficient (Wildman–Crippen LogP) is 13.6. The molecular weight excluding hydrogens is 1000 g/mol. The molecule has 0 aromatic carbocycles. The number of aliphatic imine (C=N–C) groups is 6. The lowest BCUT2D eigenvalue weighted by molar-refractivity contribution is -0.141. The number of carboxylic acids is 2. The Hall–Kier alpha value is -8.00. The molecule has 0 spiro atoms. The molecule has 12 rings (SSSR count). The van der Waals surface area contributed by atoms with Gasteiger partial charge in [0.1, 0.15) is 17.4 Å². The van der Waals surface area contributed by atoms with E-state index in [0.717, 1.165) is 148 Å². The van der Waals surface area contributed by atoms with Gasteiger partial charge in [-0.15, -0.1) is 0 Å². The van der Waals surface area contributed by atoms with Crippen molar-refractivity contribution in [3.05, 3.63) is 183 Å². The van der Waals surface area contributed by atoms with Crippen LogP contribution in [-0.4, -0.2) is 66.6 Å². The molecule has 0 radical (unpaired) electrons. The van der Waals surface area contributed by atoms with Gasteiger partial charge in [-0.05, 0) is 165 Å². The molecule has 0 saturated carbocycles. The summed E-state index contributed by atoms with van der Waals surface area (Å²) >= 11 is 0. The van der Waals surface area contributed by atoms with Gasteiger partial charge in [0.2, 0.25) is 0 Å². The number of rotatable bonds is 8. The second-order valence-electron chi connectivity index (χ2n) is 23.5. The fraction of sp³-hybridized carbons (Fsp3) is 0.394. The van der Waals surface area contributed by atoms with Crippen LogP contribution in [0.15, 0.2) is 213 Å². The van der Waals surface area contributed by atoms with Crippen molar-refractivity contribution >= 4 is 46.2 Å². The van der Waals surface area contributed by atoms with Gasteiger partial charge in [0.25, 0.3) is 0 Å². The summed E-state index contributed by atoms with van der Waals surface area (Å²) in [6.45, 7) is 29.5. The van der Waals surface area contributed by atoms with E-state index in [9.17, 15) is 30.0 Å². The highest BCUT2D eigenvalue weighted by Gasteiger charge is 2.45. The van der Waals surface area contributed by atoms with Crippen molar-refractivity contribution in [1.82, 2.24) is 10.6 Å². The van der Waals surface area contributed by atoms with Gasteiger partial charge >= 0.3 is 11.9 Å². The Morgan fingerprint density at radius 3 is 1.39 bits per heavy atom. The Morgan fingerprint density at radius 2 is 0.963 bits per heavy atom. The summed E-state index contributed by atoms with van der Waals surface area (Å²) in [5.74, 6) is -1.68. The van der Waals surface area contributed by atoms with Gasteiger partial charge in [0.05, 0.1) is 68.5 Å². The number of aliphatic hydroxyl groups is 2. The first-order valence-electron chi connectivity index (χ1n) is 28.4. The average molecular weight is 1070 g/mol. The molecule has 6 N–H and O–H groups in total. The van der Waals surface area contributed by atoms with Crippen LogP contribution in [0.5, 0.6) is 0 Å². The molecule has 14 heteroatoms. The molecule has 4 atom stereocenters. The van der Waals surface area contributed by atoms with Crippen molar-refractivity contribution in [3.63, 3.8) is 0 Å². The molecule has 0 aromatic rings. The standard InChI is InChI=1S/C34H38N4O3.C32H34N4O3/c1-8-20-16(4)23-14-28-31(15(2)3)18(6)25(36-28)12-24-17(5)21(9-10-30(40)41)33(37-24)22-11-29(39)32-19(7)26(38-34(22)32)13-27(20)35-23;1-8-18-14(4)20-12-25-27(13(2)3)15(5)21(34-25)10-22-17(7)29(32(38)39)31(36-22)19-9-26(37)28-16(6)23(35-30(19)28)11-24(18)33-20/h12-15,17,21,37,39H,8-11H2,1-7H3,(H,40,41);10-13,17,29,36-37H,8-9H2,1-7H3,(H,38,39). The summed E-state index contributed by atoms with van der Waals surface area (Å²) in [5.41, 5.74) is 27.9. The fourth-order valence-corrected chi connectivity index (χ4v) is 13.8. The topological polar surface area (TPSA) is 213 Å². The summed E-state index contributed by atoms with van der Waals surface area (Å²) in [6, 6.07) is 0. The number of carboxylic acid groups (broad SMARTS) is 2. The molecule has 16 bridgehead atoms. The van der Waals surface area contributed by atoms with Crippen LogP contribution >= 0.6 is 0 Å². The molecular formula is C66H72N8O6. The third kappa shape index (κ3) is 8.59. The average Bonchev–Trinajstić information content (AvgIpc) is 4.39. The van der Waals surface area contributed by atoms with Crippen molar-refractivity contribution in [2.24, 2.45) is 65.5 Å². The Labute approximate surface area is 468 Å². The highest BCUT2D eigenvalue weighted by atomic mass is 16.4. The number of nitrogens with zero attached hydrogens (tertiary/aromatic N) is 6. The lowest BCUT2D eigenvalue weighted by Gasteiger charge is -2.17. The van der Waals surface area contributed by atoms with Crippen LogP contribution < -0.4 is 10.6 Å². The Bertz CT molecular complexity index is 3770. The number of allylic oxidation sites excluding steroid dienone is 23. The molecule has 2 aliphatic carbocycles. The van der Waals surface area contributed by atoms with Gasteiger partial charge in [0.15, 0.2) is 0 Å². The Kier molecular flexibility index (Phi) is 13.5. The minimum Gasteiger partial charge on any atom is -0.511 e.